The smallest absolute Gasteiger partial charge is 0.354 e. The molecule has 0 N–H and O–H groups in total. The number of carbonyl (C=O) groups excluding carboxylic acids is 1. The molecule has 1 amide bonds. The number of allylic oxidation sites excluding steroid dienone is 7. The second-order valence-electron chi connectivity index (χ2n) is 4.39. The van der Waals surface area contributed by atoms with Crippen molar-refractivity contribution in [2.45, 2.75) is 13.3 Å². The number of rotatable bonds is 7. The monoisotopic (exact) mass is 273 g/mol. The van der Waals surface area contributed by atoms with Crippen LogP contribution < -0.4 is 0 Å². The maximum absolute atomic E-state index is 11.9. The van der Waals surface area contributed by atoms with E-state index < -0.39 is 5.91 Å². The highest BCUT2D eigenvalue weighted by Crippen LogP contribution is 2.09. The van der Waals surface area contributed by atoms with E-state index in [-0.39, 0.29) is 13.1 Å². The molecule has 0 aromatic carbocycles. The lowest BCUT2D eigenvalue weighted by molar-refractivity contribution is -0.469. The molecule has 4 nitrogen and oxygen atoms in total. The molecule has 0 bridgehead atoms. The van der Waals surface area contributed by atoms with Crippen LogP contribution in [0.15, 0.2) is 60.9 Å². The Kier molecular flexibility index (Phi) is 6.96. The van der Waals surface area contributed by atoms with Crippen molar-refractivity contribution < 1.29 is 9.55 Å². The molecule has 20 heavy (non-hydrogen) atoms. The number of amides is 1. The second-order valence-corrected chi connectivity index (χ2v) is 4.39. The number of carbonyl (C=O) groups is 1. The molecule has 0 unspecified atom stereocenters. The summed E-state index contributed by atoms with van der Waals surface area (Å²) in [5.41, 5.74) is 0.878. The molecule has 4 heteroatoms. The van der Waals surface area contributed by atoms with Crippen molar-refractivity contribution >= 4 is 5.91 Å². The van der Waals surface area contributed by atoms with Gasteiger partial charge < -0.3 is 4.90 Å². The topological polar surface area (TPSA) is 40.4 Å². The summed E-state index contributed by atoms with van der Waals surface area (Å²) in [5.74, 6) is -0.426. The molecule has 1 aliphatic carbocycles. The van der Waals surface area contributed by atoms with E-state index in [1.165, 1.54) is 0 Å². The van der Waals surface area contributed by atoms with Crippen molar-refractivity contribution in [2.24, 2.45) is 0 Å². The van der Waals surface area contributed by atoms with E-state index in [1.54, 1.807) is 6.08 Å². The van der Waals surface area contributed by atoms with Gasteiger partial charge in [0.1, 0.15) is 6.54 Å². The predicted octanol–water partition coefficient (Wildman–Crippen LogP) is 2.76. The van der Waals surface area contributed by atoms with Crippen molar-refractivity contribution in [2.75, 3.05) is 19.6 Å². The van der Waals surface area contributed by atoms with Gasteiger partial charge in [0.05, 0.1) is 4.76 Å². The summed E-state index contributed by atoms with van der Waals surface area (Å²) in [6, 6.07) is 0. The Morgan fingerprint density at radius 3 is 2.70 bits per heavy atom. The Morgan fingerprint density at radius 1 is 1.30 bits per heavy atom. The van der Waals surface area contributed by atoms with Gasteiger partial charge in [-0.1, -0.05) is 43.4 Å². The highest BCUT2D eigenvalue weighted by atomic mass is 16.3. The first kappa shape index (κ1) is 15.8. The number of hydrogen-bond donors (Lipinski definition) is 0. The zero-order chi connectivity index (χ0) is 14.8. The van der Waals surface area contributed by atoms with Crippen molar-refractivity contribution in [1.82, 2.24) is 4.90 Å². The minimum atomic E-state index is -0.426. The molecule has 1 rings (SSSR count). The molecule has 0 fully saturated rings. The molecule has 0 radical (unpaired) electrons. The van der Waals surface area contributed by atoms with Crippen molar-refractivity contribution in [3.05, 3.63) is 65.8 Å². The Hall–Kier alpha value is -2.23. The molecular formula is C16H21N2O2+. The maximum atomic E-state index is 11.9. The van der Waals surface area contributed by atoms with Gasteiger partial charge in [0.25, 0.3) is 0 Å². The van der Waals surface area contributed by atoms with Crippen LogP contribution in [0, 0.1) is 4.91 Å². The van der Waals surface area contributed by atoms with Crippen LogP contribution in [0.4, 0.5) is 0 Å². The first-order chi connectivity index (χ1) is 9.69. The molecule has 0 heterocycles. The van der Waals surface area contributed by atoms with E-state index in [2.05, 4.69) is 6.58 Å². The fourth-order valence-electron chi connectivity index (χ4n) is 1.75. The number of hydrogen-bond acceptors (Lipinski definition) is 3. The average Bonchev–Trinajstić information content (AvgIpc) is 2.38. The third-order valence-corrected chi connectivity index (χ3v) is 2.72. The zero-order valence-corrected chi connectivity index (χ0v) is 11.9. The van der Waals surface area contributed by atoms with E-state index in [0.29, 0.717) is 17.7 Å². The van der Waals surface area contributed by atoms with Gasteiger partial charge in [0.15, 0.2) is 0 Å². The van der Waals surface area contributed by atoms with Crippen LogP contribution in [0.5, 0.6) is 0 Å². The van der Waals surface area contributed by atoms with Gasteiger partial charge in [-0.05, 0) is 12.2 Å². The predicted molar refractivity (Wildman–Crippen MR) is 81.1 cm³/mol. The fourth-order valence-corrected chi connectivity index (χ4v) is 1.75. The van der Waals surface area contributed by atoms with Crippen molar-refractivity contribution in [1.29, 1.82) is 0 Å². The molecule has 0 aliphatic heterocycles. The standard InChI is InChI=1S/C16H21N2O2/c1-3-12-17(14-16(19)18(20)13-4-2)15-10-8-6-5-7-9-11-15/h3,5-11H,1,4,12-14H2,2H3/q+1. The highest BCUT2D eigenvalue weighted by Gasteiger charge is 2.24. The summed E-state index contributed by atoms with van der Waals surface area (Å²) < 4.78 is 0.527. The zero-order valence-electron chi connectivity index (χ0n) is 11.9. The van der Waals surface area contributed by atoms with Crippen LogP contribution in [0.1, 0.15) is 13.3 Å². The maximum Gasteiger partial charge on any atom is 0.452 e. The van der Waals surface area contributed by atoms with Gasteiger partial charge in [0.2, 0.25) is 6.54 Å². The molecule has 0 aromatic heterocycles. The van der Waals surface area contributed by atoms with Gasteiger partial charge in [-0.15, -0.1) is 6.58 Å². The quantitative estimate of drug-likeness (QED) is 0.529. The van der Waals surface area contributed by atoms with Crippen LogP contribution in [-0.4, -0.2) is 35.2 Å². The minimum absolute atomic E-state index is 0.0588. The van der Waals surface area contributed by atoms with Gasteiger partial charge in [0, 0.05) is 23.6 Å². The van der Waals surface area contributed by atoms with Gasteiger partial charge in [-0.25, -0.2) is 4.79 Å². The van der Waals surface area contributed by atoms with Gasteiger partial charge in [-0.3, -0.25) is 0 Å². The Morgan fingerprint density at radius 2 is 2.00 bits per heavy atom. The second kappa shape index (κ2) is 8.80. The third kappa shape index (κ3) is 5.18. The summed E-state index contributed by atoms with van der Waals surface area (Å²) in [6.07, 6.45) is 15.7. The first-order valence-corrected chi connectivity index (χ1v) is 6.74. The first-order valence-electron chi connectivity index (χ1n) is 6.74. The Balaban J connectivity index is 2.80. The molecule has 0 atom stereocenters. The number of nitrogens with zero attached hydrogens (tertiary/aromatic N) is 2. The lowest BCUT2D eigenvalue weighted by atomic mass is 10.2. The van der Waals surface area contributed by atoms with Crippen LogP contribution in [0.2, 0.25) is 0 Å². The molecule has 0 saturated carbocycles. The molecule has 106 valence electrons. The largest absolute Gasteiger partial charge is 0.452 e. The van der Waals surface area contributed by atoms with Gasteiger partial charge in [-0.2, -0.15) is 0 Å². The summed E-state index contributed by atoms with van der Waals surface area (Å²) in [7, 11) is 0. The van der Waals surface area contributed by atoms with E-state index in [1.807, 2.05) is 54.4 Å². The van der Waals surface area contributed by atoms with Crippen molar-refractivity contribution in [3.8, 4) is 0 Å². The summed E-state index contributed by atoms with van der Waals surface area (Å²) in [4.78, 5) is 25.2. The fraction of sp³-hybridized carbons (Fsp3) is 0.312. The number of nitroso groups, excluding NO2 is 1. The normalized spacial score (nSPS) is 13.3. The van der Waals surface area contributed by atoms with E-state index in [0.717, 1.165) is 5.70 Å². The van der Waals surface area contributed by atoms with Crippen LogP contribution in [-0.2, 0) is 4.79 Å². The summed E-state index contributed by atoms with van der Waals surface area (Å²) in [6.45, 7) is 6.38. The van der Waals surface area contributed by atoms with E-state index in [9.17, 15) is 9.70 Å². The lowest BCUT2D eigenvalue weighted by Crippen LogP contribution is -2.34. The van der Waals surface area contributed by atoms with E-state index >= 15 is 0 Å². The Bertz CT molecular complexity index is 485. The SMILES string of the molecule is C=CCN(CC(=O)[N+](=O)CCC)C1=CC=CC=CC=C1. The van der Waals surface area contributed by atoms with E-state index in [4.69, 9.17) is 0 Å². The van der Waals surface area contributed by atoms with Crippen molar-refractivity contribution in [3.63, 3.8) is 0 Å². The molecule has 0 saturated heterocycles. The Labute approximate surface area is 120 Å². The van der Waals surface area contributed by atoms with Crippen LogP contribution >= 0.6 is 0 Å². The van der Waals surface area contributed by atoms with Crippen LogP contribution in [0.3, 0.4) is 0 Å². The summed E-state index contributed by atoms with van der Waals surface area (Å²) >= 11 is 0. The molecule has 0 aromatic rings. The average molecular weight is 273 g/mol. The summed E-state index contributed by atoms with van der Waals surface area (Å²) in [5, 5.41) is 0. The highest BCUT2D eigenvalue weighted by molar-refractivity contribution is 5.69. The lowest BCUT2D eigenvalue weighted by Gasteiger charge is -2.21. The molecule has 0 spiro atoms. The molecule has 1 aliphatic rings. The van der Waals surface area contributed by atoms with Crippen LogP contribution in [0.25, 0.3) is 0 Å². The third-order valence-electron chi connectivity index (χ3n) is 2.72. The minimum Gasteiger partial charge on any atom is -0.354 e. The van der Waals surface area contributed by atoms with Gasteiger partial charge >= 0.3 is 5.91 Å². The molecular weight excluding hydrogens is 252 g/mol.